The van der Waals surface area contributed by atoms with E-state index >= 15 is 0 Å². The number of phenolic OH excluding ortho intramolecular Hbond substituents is 1. The predicted octanol–water partition coefficient (Wildman–Crippen LogP) is 3.05. The monoisotopic (exact) mass is 499 g/mol. The molecule has 2 aliphatic rings. The lowest BCUT2D eigenvalue weighted by Gasteiger charge is -2.19. The van der Waals surface area contributed by atoms with Crippen molar-refractivity contribution in [3.63, 3.8) is 0 Å². The predicted molar refractivity (Wildman–Crippen MR) is 120 cm³/mol. The molecular weight excluding hydrogens is 480 g/mol. The number of aromatic hydroxyl groups is 1. The van der Waals surface area contributed by atoms with Gasteiger partial charge in [0.05, 0.1) is 18.7 Å². The van der Waals surface area contributed by atoms with Crippen molar-refractivity contribution in [2.24, 2.45) is 0 Å². The van der Waals surface area contributed by atoms with Gasteiger partial charge in [-0.3, -0.25) is 14.5 Å². The van der Waals surface area contributed by atoms with Gasteiger partial charge in [-0.05, 0) is 42.7 Å². The van der Waals surface area contributed by atoms with E-state index in [2.05, 4.69) is 15.5 Å². The van der Waals surface area contributed by atoms with E-state index in [1.54, 1.807) is 24.3 Å². The molecule has 1 aliphatic heterocycles. The van der Waals surface area contributed by atoms with E-state index in [4.69, 9.17) is 0 Å². The number of phenols is 1. The summed E-state index contributed by atoms with van der Waals surface area (Å²) in [5.74, 6) is -3.86. The summed E-state index contributed by atoms with van der Waals surface area (Å²) in [6.45, 7) is 0.0640. The van der Waals surface area contributed by atoms with Crippen LogP contribution in [0.25, 0.3) is 10.6 Å². The van der Waals surface area contributed by atoms with Gasteiger partial charge < -0.3 is 15.3 Å². The molecule has 12 heteroatoms. The number of carbonyl (C=O) groups excluding carboxylic acids is 3. The minimum atomic E-state index is -1.15. The van der Waals surface area contributed by atoms with Gasteiger partial charge in [-0.25, -0.2) is 13.6 Å². The number of nitrogens with zero attached hydrogens (tertiary/aromatic N) is 4. The van der Waals surface area contributed by atoms with E-state index in [0.717, 1.165) is 23.5 Å². The highest BCUT2D eigenvalue weighted by molar-refractivity contribution is 7.14. The van der Waals surface area contributed by atoms with E-state index in [1.165, 1.54) is 16.8 Å². The molecule has 2 aromatic carbocycles. The van der Waals surface area contributed by atoms with Crippen LogP contribution in [-0.2, 0) is 17.9 Å². The molecule has 2 N–H and O–H groups in total. The highest BCUT2D eigenvalue weighted by Crippen LogP contribution is 2.49. The number of nitrogens with one attached hydrogen (secondary N) is 1. The third-order valence-electron chi connectivity index (χ3n) is 6.19. The Kier molecular flexibility index (Phi) is 5.47. The van der Waals surface area contributed by atoms with E-state index < -0.39 is 29.0 Å². The van der Waals surface area contributed by atoms with Crippen molar-refractivity contribution in [1.82, 2.24) is 25.3 Å². The van der Waals surface area contributed by atoms with Crippen molar-refractivity contribution in [3.05, 3.63) is 64.2 Å². The Hall–Kier alpha value is -3.93. The second-order valence-electron chi connectivity index (χ2n) is 8.33. The first kappa shape index (κ1) is 22.8. The van der Waals surface area contributed by atoms with Crippen molar-refractivity contribution in [2.75, 3.05) is 7.05 Å². The molecular formula is C23H19F2N5O4S. The van der Waals surface area contributed by atoms with Crippen molar-refractivity contribution in [2.45, 2.75) is 31.5 Å². The number of imide groups is 1. The molecule has 0 unspecified atom stereocenters. The third-order valence-corrected chi connectivity index (χ3v) is 7.13. The Balaban J connectivity index is 1.34. The zero-order valence-electron chi connectivity index (χ0n) is 18.4. The quantitative estimate of drug-likeness (QED) is 0.504. The number of rotatable bonds is 6. The molecule has 1 spiro atoms. The summed E-state index contributed by atoms with van der Waals surface area (Å²) in [6.07, 6.45) is 1.05. The number of benzene rings is 2. The largest absolute Gasteiger partial charge is 0.503 e. The molecule has 1 aliphatic carbocycles. The van der Waals surface area contributed by atoms with Crippen molar-refractivity contribution in [3.8, 4) is 16.3 Å². The van der Waals surface area contributed by atoms with Gasteiger partial charge in [-0.15, -0.1) is 10.2 Å². The number of urea groups is 1. The summed E-state index contributed by atoms with van der Waals surface area (Å²) in [5, 5.41) is 20.5. The fourth-order valence-corrected chi connectivity index (χ4v) is 4.95. The molecule has 2 heterocycles. The maximum atomic E-state index is 14.3. The standard InChI is InChI=1S/C23H19F2N5O4S/c1-26-19(32)13-4-2-12(3-5-13)10-29-21(33)23(8-9-23)30(22(29)34)11-16-27-28-20(35-16)14-6-7-15(24)18(31)17(14)25/h2-7,31H,8-11H2,1H3,(H,26,32). The van der Waals surface area contributed by atoms with Gasteiger partial charge in [0.2, 0.25) is 0 Å². The smallest absolute Gasteiger partial charge is 0.328 e. The van der Waals surface area contributed by atoms with Gasteiger partial charge in [0, 0.05) is 12.6 Å². The molecule has 1 saturated heterocycles. The number of carbonyl (C=O) groups is 3. The lowest BCUT2D eigenvalue weighted by atomic mass is 10.1. The Labute approximate surface area is 202 Å². The average molecular weight is 499 g/mol. The SMILES string of the molecule is CNC(=O)c1ccc(CN2C(=O)N(Cc3nnc(-c4ccc(F)c(O)c4F)s3)C3(CC3)C2=O)cc1. The molecule has 0 radical (unpaired) electrons. The van der Waals surface area contributed by atoms with E-state index in [-0.39, 0.29) is 35.5 Å². The Morgan fingerprint density at radius 3 is 2.49 bits per heavy atom. The normalized spacial score (nSPS) is 16.3. The van der Waals surface area contributed by atoms with Crippen molar-refractivity contribution in [1.29, 1.82) is 0 Å². The zero-order valence-corrected chi connectivity index (χ0v) is 19.2. The molecule has 35 heavy (non-hydrogen) atoms. The van der Waals surface area contributed by atoms with Gasteiger partial charge in [0.15, 0.2) is 22.4 Å². The van der Waals surface area contributed by atoms with Crippen LogP contribution in [0.4, 0.5) is 13.6 Å². The highest BCUT2D eigenvalue weighted by atomic mass is 32.1. The Morgan fingerprint density at radius 1 is 1.11 bits per heavy atom. The van der Waals surface area contributed by atoms with E-state index in [1.807, 2.05) is 0 Å². The fourth-order valence-electron chi connectivity index (χ4n) is 4.10. The van der Waals surface area contributed by atoms with E-state index in [9.17, 15) is 28.3 Å². The summed E-state index contributed by atoms with van der Waals surface area (Å²) in [7, 11) is 1.53. The molecule has 1 saturated carbocycles. The second kappa shape index (κ2) is 8.38. The van der Waals surface area contributed by atoms with Crippen LogP contribution >= 0.6 is 11.3 Å². The third kappa shape index (κ3) is 3.79. The summed E-state index contributed by atoms with van der Waals surface area (Å²) in [4.78, 5) is 40.7. The van der Waals surface area contributed by atoms with Crippen molar-refractivity contribution >= 4 is 29.2 Å². The Bertz CT molecular complexity index is 1360. The Morgan fingerprint density at radius 2 is 1.83 bits per heavy atom. The number of halogens is 2. The van der Waals surface area contributed by atoms with Crippen LogP contribution in [0.5, 0.6) is 5.75 Å². The lowest BCUT2D eigenvalue weighted by molar-refractivity contribution is -0.129. The molecule has 0 bridgehead atoms. The first-order valence-electron chi connectivity index (χ1n) is 10.7. The van der Waals surface area contributed by atoms with Gasteiger partial charge >= 0.3 is 6.03 Å². The van der Waals surface area contributed by atoms with Crippen LogP contribution in [0.3, 0.4) is 0 Å². The summed E-state index contributed by atoms with van der Waals surface area (Å²) >= 11 is 0.988. The van der Waals surface area contributed by atoms with E-state index in [0.29, 0.717) is 29.0 Å². The maximum Gasteiger partial charge on any atom is 0.328 e. The molecule has 0 atom stereocenters. The molecule has 5 rings (SSSR count). The lowest BCUT2D eigenvalue weighted by Crippen LogP contribution is -2.36. The minimum Gasteiger partial charge on any atom is -0.503 e. The van der Waals surface area contributed by atoms with Crippen LogP contribution in [0.1, 0.15) is 33.8 Å². The topological polar surface area (TPSA) is 116 Å². The zero-order chi connectivity index (χ0) is 24.9. The van der Waals surface area contributed by atoms with Gasteiger partial charge in [-0.1, -0.05) is 23.5 Å². The number of hydrogen-bond donors (Lipinski definition) is 2. The molecule has 9 nitrogen and oxygen atoms in total. The van der Waals surface area contributed by atoms with Crippen molar-refractivity contribution < 1.29 is 28.3 Å². The average Bonchev–Trinajstić information content (AvgIpc) is 3.50. The number of hydrogen-bond acceptors (Lipinski definition) is 7. The number of amides is 4. The van der Waals surface area contributed by atoms with Gasteiger partial charge in [0.1, 0.15) is 10.5 Å². The molecule has 4 amide bonds. The minimum absolute atomic E-state index is 0.00312. The van der Waals surface area contributed by atoms with Gasteiger partial charge in [0.25, 0.3) is 11.8 Å². The van der Waals surface area contributed by atoms with Crippen LogP contribution < -0.4 is 5.32 Å². The first-order chi connectivity index (χ1) is 16.7. The maximum absolute atomic E-state index is 14.3. The molecule has 3 aromatic rings. The summed E-state index contributed by atoms with van der Waals surface area (Å²) in [6, 6.07) is 8.24. The summed E-state index contributed by atoms with van der Waals surface area (Å²) in [5.41, 5.74) is 0.125. The molecule has 2 fully saturated rings. The van der Waals surface area contributed by atoms with Crippen LogP contribution in [0.15, 0.2) is 36.4 Å². The highest BCUT2D eigenvalue weighted by Gasteiger charge is 2.64. The summed E-state index contributed by atoms with van der Waals surface area (Å²) < 4.78 is 27.6. The molecule has 180 valence electrons. The first-order valence-corrected chi connectivity index (χ1v) is 11.5. The second-order valence-corrected chi connectivity index (χ2v) is 9.39. The van der Waals surface area contributed by atoms with Crippen LogP contribution in [0, 0.1) is 11.6 Å². The van der Waals surface area contributed by atoms with Gasteiger partial charge in [-0.2, -0.15) is 0 Å². The number of aromatic nitrogens is 2. The molecule has 1 aromatic heterocycles. The van der Waals surface area contributed by atoms with Crippen LogP contribution in [0.2, 0.25) is 0 Å². The van der Waals surface area contributed by atoms with Crippen LogP contribution in [-0.4, -0.2) is 55.5 Å². The fraction of sp³-hybridized carbons (Fsp3) is 0.261.